The molecule has 32 nitrogen and oxygen atoms in total. The fourth-order valence-electron chi connectivity index (χ4n) is 13.4. The van der Waals surface area contributed by atoms with Crippen LogP contribution in [0, 0.1) is 52.0 Å². The number of para-hydroxylation sites is 1. The second-order valence-corrected chi connectivity index (χ2v) is 36.3. The van der Waals surface area contributed by atoms with Crippen LogP contribution >= 0.6 is 77.7 Å². The normalized spacial score (nSPS) is 10.4. The Kier molecular flexibility index (Phi) is 116. The molecule has 1 heterocycles. The molecule has 1 aliphatic heterocycles. The fraction of sp³-hybridized carbons (Fsp3) is 0.590. The van der Waals surface area contributed by atoms with Crippen molar-refractivity contribution in [2.24, 2.45) is 26.9 Å². The van der Waals surface area contributed by atoms with Crippen molar-refractivity contribution in [3.05, 3.63) is 217 Å². The van der Waals surface area contributed by atoms with Crippen LogP contribution in [0.5, 0.6) is 17.2 Å². The number of rotatable bonds is 52. The molecule has 0 bridgehead atoms. The van der Waals surface area contributed by atoms with Gasteiger partial charge in [0.25, 0.3) is 17.1 Å². The molecule has 1 aliphatic rings. The second kappa shape index (κ2) is 108. The summed E-state index contributed by atoms with van der Waals surface area (Å²) in [6.07, 6.45) is 31.5. The standard InChI is InChI=1S/C15H28O4.C14H10ClNO4.C14H12ClNO3.C13H28O.C11H21BrO.C11H24O2.C7H4ClNO4.C7H12O4.C7H8O.C4H8O.C2H5N3O.2Na.S3.S2.2H2S/c1-5-9-11-15(12-10-6-2,13(16)18-7-3)14(17)19-8-4;1-20-11-5-2-9(3-6-11)14(17)12-8-10(16(18)19)4-7-13(12)15;1-19-13-5-2-10(3-6-13)8-11-9-12(16(17)18)4-7-14(11)15;1-4-7-10-13(12-14,9-6-3)11-8-5-2;2*1-3-5-7-11(9-12,10-13)8-6-4-2;8-6-2-1-4(9(12)13)3-5(6)7(10)11;1-3-10-6(8)5-7(9)11-4-2;1-8-7-5-3-2-4-6-7;1-2-4-5-3-1;1-2-6-5-4-3;;;1-3-2;1-2;;/h5-12H2,1-4H3;2-8H,1H3;2-7,9H,8H2,1H3;14H,4-12H2,1-3H3;10H,3-9H2,1-2H3;12-13H,3-10H2,1-2H3;1-3H,(H,10,11);3-5H2,1-2H3;2-6H,1H3;1-4H2;2H2,1H3;;;;;2*1H2. The Morgan fingerprint density at radius 3 is 1.13 bits per heavy atom. The van der Waals surface area contributed by atoms with Crippen molar-refractivity contribution in [2.75, 3.05) is 92.7 Å². The summed E-state index contributed by atoms with van der Waals surface area (Å²) in [4.78, 5) is 116. The Labute approximate surface area is 979 Å². The van der Waals surface area contributed by atoms with Crippen LogP contribution < -0.4 is 14.2 Å². The number of halogens is 4. The topological polar surface area (TPSA) is 462 Å². The number of methoxy groups -OCH3 is 3. The number of aromatic carboxylic acids is 1. The van der Waals surface area contributed by atoms with Crippen LogP contribution in [0.25, 0.3) is 10.4 Å². The number of ketones is 1. The number of non-ortho nitro benzene ring substituents is 3. The van der Waals surface area contributed by atoms with Crippen LogP contribution in [-0.4, -0.2) is 213 Å². The van der Waals surface area contributed by atoms with Crippen LogP contribution in [0.15, 0.2) is 139 Å². The van der Waals surface area contributed by atoms with Crippen LogP contribution in [0.2, 0.25) is 15.1 Å². The number of aldehydes is 1. The van der Waals surface area contributed by atoms with E-state index in [-0.39, 0.29) is 133 Å². The van der Waals surface area contributed by atoms with Gasteiger partial charge in [-0.2, -0.15) is 27.0 Å². The number of nitro groups is 3. The maximum absolute atomic E-state index is 12.3. The van der Waals surface area contributed by atoms with Crippen molar-refractivity contribution < 1.29 is 111 Å². The molecule has 0 aromatic heterocycles. The van der Waals surface area contributed by atoms with E-state index in [2.05, 4.69) is 134 Å². The number of unbranched alkanes of at least 4 members (excludes halogenated alkanes) is 8. The van der Waals surface area contributed by atoms with E-state index in [1.165, 1.54) is 164 Å². The number of ether oxygens (including phenoxy) is 8. The summed E-state index contributed by atoms with van der Waals surface area (Å²) in [6.45, 7) is 32.3. The van der Waals surface area contributed by atoms with Gasteiger partial charge >= 0.3 is 73.5 Å². The number of carbonyl (C=O) groups excluding carboxylic acids is 6. The number of carboxylic acids is 1. The summed E-state index contributed by atoms with van der Waals surface area (Å²) in [7, 11) is 5.70. The van der Waals surface area contributed by atoms with Crippen molar-refractivity contribution in [3.63, 3.8) is 0 Å². The second-order valence-electron chi connectivity index (χ2n) is 32.7. The number of aliphatic hydroxyl groups excluding tert-OH is 3. The van der Waals surface area contributed by atoms with E-state index >= 15 is 0 Å². The third-order valence-electron chi connectivity index (χ3n) is 21.7. The molecule has 7 rings (SSSR count). The number of aliphatic hydroxyl groups is 3. The number of nitro benzene ring substituents is 3. The number of esters is 4. The van der Waals surface area contributed by atoms with Crippen molar-refractivity contribution in [3.8, 4) is 17.2 Å². The van der Waals surface area contributed by atoms with Gasteiger partial charge in [-0.1, -0.05) is 253 Å². The van der Waals surface area contributed by atoms with Gasteiger partial charge in [0.1, 0.15) is 35.2 Å². The Bertz CT molecular complexity index is 4510. The number of alkyl halides is 1. The zero-order valence-electron chi connectivity index (χ0n) is 91.3. The van der Waals surface area contributed by atoms with E-state index in [0.717, 1.165) is 158 Å². The van der Waals surface area contributed by atoms with Gasteiger partial charge in [-0.3, -0.25) is 54.3 Å². The summed E-state index contributed by atoms with van der Waals surface area (Å²) < 4.78 is 39.2. The van der Waals surface area contributed by atoms with Gasteiger partial charge in [-0.25, -0.2) is 4.79 Å². The molecule has 0 aliphatic carbocycles. The fourth-order valence-corrected chi connectivity index (χ4v) is 14.7. The van der Waals surface area contributed by atoms with E-state index in [1.807, 2.05) is 68.4 Å². The molecule has 0 amide bonds. The van der Waals surface area contributed by atoms with Gasteiger partial charge in [0, 0.05) is 147 Å². The van der Waals surface area contributed by atoms with Crippen LogP contribution in [0.3, 0.4) is 0 Å². The number of hydrogen-bond donors (Lipinski definition) is 4. The molecule has 6 aromatic rings. The molecule has 0 saturated carbocycles. The van der Waals surface area contributed by atoms with Gasteiger partial charge in [-0.15, -0.1) is 0 Å². The summed E-state index contributed by atoms with van der Waals surface area (Å²) in [5.74, 6) is -1.27. The average molecular weight is 2380 g/mol. The quantitative estimate of drug-likeness (QED) is 0.00224. The molecule has 6 aromatic carbocycles. The minimum atomic E-state index is -1.28. The monoisotopic (exact) mass is 2380 g/mol. The van der Waals surface area contributed by atoms with Gasteiger partial charge in [0.2, 0.25) is 0 Å². The van der Waals surface area contributed by atoms with E-state index in [4.69, 9.17) is 73.9 Å². The number of nitrogens with zero attached hydrogens (tertiary/aromatic N) is 6. The first-order valence-electron chi connectivity index (χ1n) is 50.2. The van der Waals surface area contributed by atoms with E-state index < -0.39 is 50.0 Å². The number of carboxylic acid groups (broad SMARTS) is 1. The zero-order chi connectivity index (χ0) is 114. The molecule has 842 valence electrons. The molecule has 1 saturated heterocycles. The number of hydrogen-bond acceptors (Lipinski definition) is 30. The van der Waals surface area contributed by atoms with E-state index in [9.17, 15) is 79.2 Å². The van der Waals surface area contributed by atoms with Crippen LogP contribution in [-0.2, 0) is 113 Å². The number of azide groups is 1. The predicted molar refractivity (Wildman–Crippen MR) is 630 cm³/mol. The Morgan fingerprint density at radius 2 is 0.827 bits per heavy atom. The van der Waals surface area contributed by atoms with Crippen molar-refractivity contribution in [1.29, 1.82) is 0 Å². The molecule has 0 spiro atoms. The van der Waals surface area contributed by atoms with E-state index in [0.29, 0.717) is 48.8 Å². The Balaban J connectivity index is -0.000000210. The zero-order valence-corrected chi connectivity index (χ0v) is 105. The van der Waals surface area contributed by atoms with Crippen LogP contribution in [0.4, 0.5) is 17.1 Å². The molecule has 0 radical (unpaired) electrons. The molecular formula is C105H164BrCl3N6Na2O26S7. The Hall–Kier alpha value is -6.29. The van der Waals surface area contributed by atoms with Crippen LogP contribution in [0.1, 0.15) is 321 Å². The third kappa shape index (κ3) is 78.0. The van der Waals surface area contributed by atoms with Gasteiger partial charge in [0.15, 0.2) is 11.2 Å². The SMILES string of the molecule is C1CCOC1.CCCCC(C=O)(CBr)CCCC.CCCCC(CCCC)(C(=O)OCC)C(=O)OCC.CCCCC(CO)(CCC)CCCC.CCCCC(CO)(CO)CCCC.CCOC(=O)CC(=O)OCC.CCON=[N+]=[N-].COc1ccc(C(=O)c2cc([N+](=O)[O-])ccc2Cl)cc1.COc1ccc(Cc2cc([N+](=O)[O-])ccc2Cl)cc1.COc1ccccc1.O=C(O)c1cc([N+](=O)[O-])ccc1Cl.S.S.S=S.S=S=S.[Na][Na]. The van der Waals surface area contributed by atoms with Crippen molar-refractivity contribution >= 4 is 234 Å². The van der Waals surface area contributed by atoms with Gasteiger partial charge in [-0.05, 0) is 200 Å². The average Bonchev–Trinajstić information content (AvgIpc) is 0.922. The molecular weight excluding hydrogens is 2220 g/mol. The Morgan fingerprint density at radius 1 is 0.487 bits per heavy atom. The first-order chi connectivity index (χ1) is 70.9. The molecule has 4 N–H and O–H groups in total. The summed E-state index contributed by atoms with van der Waals surface area (Å²) in [6, 6.07) is 35.1. The number of benzene rings is 6. The molecule has 0 atom stereocenters. The summed E-state index contributed by atoms with van der Waals surface area (Å²) in [5.41, 5.74) is 7.96. The van der Waals surface area contributed by atoms with Crippen molar-refractivity contribution in [2.45, 2.75) is 290 Å². The van der Waals surface area contributed by atoms with Crippen molar-refractivity contribution in [1.82, 2.24) is 0 Å². The molecule has 0 unspecified atom stereocenters. The van der Waals surface area contributed by atoms with E-state index in [1.54, 1.807) is 79.2 Å². The van der Waals surface area contributed by atoms with Gasteiger partial charge < -0.3 is 68.0 Å². The van der Waals surface area contributed by atoms with Gasteiger partial charge in [0.05, 0.1) is 98.0 Å². The summed E-state index contributed by atoms with van der Waals surface area (Å²) in [5, 5.41) is 72.7. The third-order valence-corrected chi connectivity index (χ3v) is 23.9. The first-order valence-corrected chi connectivity index (χ1v) is 64.5. The maximum atomic E-state index is 12.3. The number of carbonyl (C=O) groups is 7. The molecule has 1 fully saturated rings. The minimum absolute atomic E-state index is 0. The first kappa shape index (κ1) is 161. The predicted octanol–water partition coefficient (Wildman–Crippen LogP) is 26.9. The summed E-state index contributed by atoms with van der Waals surface area (Å²) >= 11 is 39.4. The molecule has 150 heavy (non-hydrogen) atoms. The molecule has 45 heteroatoms.